The van der Waals surface area contributed by atoms with Crippen LogP contribution < -0.4 is 19.5 Å². The first-order valence-corrected chi connectivity index (χ1v) is 16.5. The number of benzene rings is 3. The van der Waals surface area contributed by atoms with Gasteiger partial charge in [-0.05, 0) is 79.1 Å². The monoisotopic (exact) mass is 688 g/mol. The molecule has 0 aromatic heterocycles. The minimum atomic E-state index is -4.62. The van der Waals surface area contributed by atoms with Gasteiger partial charge in [-0.1, -0.05) is 50.2 Å². The van der Waals surface area contributed by atoms with Crippen molar-refractivity contribution in [2.75, 3.05) is 19.4 Å². The maximum Gasteiger partial charge on any atom is 0.416 e. The van der Waals surface area contributed by atoms with Gasteiger partial charge in [0.1, 0.15) is 12.1 Å². The molecule has 0 spiro atoms. The number of alkyl halides is 6. The SMILES string of the molecule is CCS(=O)(=O)N[C@H](C(=O)NCCc1ccc(OC(CCc2cccc(C(F)(F)F)c2)c2cccc(C(F)(F)F)c2)c(OC)c1)C(C)C. The minimum Gasteiger partial charge on any atom is -0.493 e. The number of carbonyl (C=O) groups is 1. The van der Waals surface area contributed by atoms with Crippen molar-refractivity contribution in [3.8, 4) is 11.5 Å². The summed E-state index contributed by atoms with van der Waals surface area (Å²) in [6, 6.07) is 13.2. The second-order valence-electron chi connectivity index (χ2n) is 11.2. The summed E-state index contributed by atoms with van der Waals surface area (Å²) in [5.41, 5.74) is -0.494. The van der Waals surface area contributed by atoms with Crippen LogP contribution in [0.25, 0.3) is 0 Å². The third kappa shape index (κ3) is 11.2. The van der Waals surface area contributed by atoms with E-state index in [9.17, 15) is 39.6 Å². The van der Waals surface area contributed by atoms with Gasteiger partial charge in [0.15, 0.2) is 11.5 Å². The van der Waals surface area contributed by atoms with Crippen LogP contribution in [0.4, 0.5) is 26.3 Å². The number of methoxy groups -OCH3 is 1. The van der Waals surface area contributed by atoms with Crippen LogP contribution >= 0.6 is 0 Å². The van der Waals surface area contributed by atoms with Crippen LogP contribution in [-0.4, -0.2) is 39.8 Å². The zero-order chi connectivity index (χ0) is 35.0. The number of halogens is 6. The Hall–Kier alpha value is -3.78. The highest BCUT2D eigenvalue weighted by Gasteiger charge is 2.32. The quantitative estimate of drug-likeness (QED) is 0.166. The summed E-state index contributed by atoms with van der Waals surface area (Å²) < 4.78 is 118. The molecule has 2 N–H and O–H groups in total. The fourth-order valence-corrected chi connectivity index (χ4v) is 5.67. The van der Waals surface area contributed by atoms with Crippen LogP contribution in [0.1, 0.15) is 61.1 Å². The summed E-state index contributed by atoms with van der Waals surface area (Å²) in [6.45, 7) is 5.08. The molecule has 7 nitrogen and oxygen atoms in total. The predicted molar refractivity (Wildman–Crippen MR) is 166 cm³/mol. The molecule has 0 fully saturated rings. The van der Waals surface area contributed by atoms with E-state index in [4.69, 9.17) is 9.47 Å². The Morgan fingerprint density at radius 1 is 0.830 bits per heavy atom. The highest BCUT2D eigenvalue weighted by molar-refractivity contribution is 7.89. The Labute approximate surface area is 270 Å². The number of sulfonamides is 1. The van der Waals surface area contributed by atoms with Crippen LogP contribution in [0.3, 0.4) is 0 Å². The Morgan fingerprint density at radius 3 is 2.04 bits per heavy atom. The second-order valence-corrected chi connectivity index (χ2v) is 13.3. The fourth-order valence-electron chi connectivity index (χ4n) is 4.74. The van der Waals surface area contributed by atoms with E-state index in [0.29, 0.717) is 17.5 Å². The Kier molecular flexibility index (Phi) is 12.7. The number of aryl methyl sites for hydroxylation is 1. The van der Waals surface area contributed by atoms with E-state index in [-0.39, 0.29) is 48.1 Å². The zero-order valence-electron chi connectivity index (χ0n) is 26.3. The molecule has 0 aliphatic rings. The normalized spacial score (nSPS) is 13.7. The van der Waals surface area contributed by atoms with E-state index in [1.807, 2.05) is 0 Å². The summed E-state index contributed by atoms with van der Waals surface area (Å²) in [6.07, 6.45) is -9.68. The molecule has 0 saturated carbocycles. The maximum absolute atomic E-state index is 13.5. The first-order chi connectivity index (χ1) is 21.9. The summed E-state index contributed by atoms with van der Waals surface area (Å²) in [5, 5.41) is 2.73. The van der Waals surface area contributed by atoms with E-state index in [2.05, 4.69) is 10.0 Å². The van der Waals surface area contributed by atoms with Crippen molar-refractivity contribution in [2.45, 2.75) is 64.5 Å². The van der Waals surface area contributed by atoms with Crippen LogP contribution in [0.15, 0.2) is 66.7 Å². The molecule has 0 heterocycles. The molecule has 3 rings (SSSR count). The highest BCUT2D eigenvalue weighted by Crippen LogP contribution is 2.37. The van der Waals surface area contributed by atoms with Gasteiger partial charge in [0.2, 0.25) is 15.9 Å². The summed E-state index contributed by atoms with van der Waals surface area (Å²) in [7, 11) is -2.23. The summed E-state index contributed by atoms with van der Waals surface area (Å²) in [4.78, 5) is 12.7. The number of nitrogens with one attached hydrogen (secondary N) is 2. The van der Waals surface area contributed by atoms with Gasteiger partial charge in [-0.3, -0.25) is 4.79 Å². The average Bonchev–Trinajstić information content (AvgIpc) is 3.01. The lowest BCUT2D eigenvalue weighted by atomic mass is 9.98. The first kappa shape index (κ1) is 37.7. The lowest BCUT2D eigenvalue weighted by molar-refractivity contribution is -0.138. The van der Waals surface area contributed by atoms with E-state index in [1.54, 1.807) is 32.0 Å². The van der Waals surface area contributed by atoms with Crippen LogP contribution in [0.2, 0.25) is 0 Å². The van der Waals surface area contributed by atoms with Crippen molar-refractivity contribution in [1.82, 2.24) is 10.0 Å². The fraction of sp³-hybridized carbons (Fsp3) is 0.424. The maximum atomic E-state index is 13.5. The molecule has 3 aromatic rings. The highest BCUT2D eigenvalue weighted by atomic mass is 32.2. The minimum absolute atomic E-state index is 0.0539. The molecule has 0 saturated heterocycles. The number of rotatable bonds is 15. The van der Waals surface area contributed by atoms with Crippen LogP contribution in [0, 0.1) is 5.92 Å². The predicted octanol–water partition coefficient (Wildman–Crippen LogP) is 7.11. The van der Waals surface area contributed by atoms with Gasteiger partial charge in [0.05, 0.1) is 24.0 Å². The van der Waals surface area contributed by atoms with Crippen molar-refractivity contribution in [1.29, 1.82) is 0 Å². The van der Waals surface area contributed by atoms with Gasteiger partial charge in [0.25, 0.3) is 0 Å². The molecule has 0 bridgehead atoms. The largest absolute Gasteiger partial charge is 0.493 e. The van der Waals surface area contributed by atoms with Crippen molar-refractivity contribution < 1.29 is 49.0 Å². The topological polar surface area (TPSA) is 93.7 Å². The van der Waals surface area contributed by atoms with Gasteiger partial charge in [-0.2, -0.15) is 26.3 Å². The second kappa shape index (κ2) is 15.9. The number of ether oxygens (including phenoxy) is 2. The molecular weight excluding hydrogens is 650 g/mol. The Balaban J connectivity index is 1.80. The zero-order valence-corrected chi connectivity index (χ0v) is 27.2. The molecular formula is C33H38F6N2O5S. The third-order valence-electron chi connectivity index (χ3n) is 7.38. The molecule has 14 heteroatoms. The smallest absolute Gasteiger partial charge is 0.416 e. The number of amides is 1. The molecule has 3 aromatic carbocycles. The number of carbonyl (C=O) groups excluding carboxylic acids is 1. The van der Waals surface area contributed by atoms with E-state index < -0.39 is 51.6 Å². The van der Waals surface area contributed by atoms with Crippen molar-refractivity contribution in [3.05, 3.63) is 94.5 Å². The van der Waals surface area contributed by atoms with E-state index in [1.165, 1.54) is 38.3 Å². The molecule has 0 aliphatic carbocycles. The van der Waals surface area contributed by atoms with E-state index in [0.717, 1.165) is 24.3 Å². The van der Waals surface area contributed by atoms with Gasteiger partial charge in [0, 0.05) is 6.54 Å². The number of hydrogen-bond acceptors (Lipinski definition) is 5. The molecule has 0 aliphatic heterocycles. The first-order valence-electron chi connectivity index (χ1n) is 14.9. The van der Waals surface area contributed by atoms with Gasteiger partial charge >= 0.3 is 12.4 Å². The van der Waals surface area contributed by atoms with E-state index >= 15 is 0 Å². The average molecular weight is 689 g/mol. The molecule has 2 atom stereocenters. The van der Waals surface area contributed by atoms with Crippen LogP contribution in [0.5, 0.6) is 11.5 Å². The molecule has 47 heavy (non-hydrogen) atoms. The third-order valence-corrected chi connectivity index (χ3v) is 8.75. The number of hydrogen-bond donors (Lipinski definition) is 2. The molecule has 1 amide bonds. The lowest BCUT2D eigenvalue weighted by Gasteiger charge is -2.23. The Morgan fingerprint density at radius 2 is 1.45 bits per heavy atom. The molecule has 258 valence electrons. The Bertz CT molecular complexity index is 1610. The summed E-state index contributed by atoms with van der Waals surface area (Å²) >= 11 is 0. The standard InChI is InChI=1S/C33H38F6N2O5S/c1-5-47(43,44)41-30(21(2)3)31(42)40-17-16-23-13-15-28(29(19-23)45-4)46-27(24-9-7-11-26(20-24)33(37,38)39)14-12-22-8-6-10-25(18-22)32(34,35)36/h6-11,13,15,18-21,27,30,41H,5,12,14,16-17H2,1-4H3,(H,40,42)/t27?,30-/m0/s1. The lowest BCUT2D eigenvalue weighted by Crippen LogP contribution is -2.50. The van der Waals surface area contributed by atoms with Gasteiger partial charge in [-0.25, -0.2) is 13.1 Å². The van der Waals surface area contributed by atoms with Crippen molar-refractivity contribution in [2.24, 2.45) is 5.92 Å². The summed E-state index contributed by atoms with van der Waals surface area (Å²) in [5.74, 6) is -0.501. The van der Waals surface area contributed by atoms with Crippen LogP contribution in [-0.2, 0) is 40.0 Å². The van der Waals surface area contributed by atoms with Gasteiger partial charge in [-0.15, -0.1) is 0 Å². The van der Waals surface area contributed by atoms with Crippen molar-refractivity contribution >= 4 is 15.9 Å². The van der Waals surface area contributed by atoms with Gasteiger partial charge < -0.3 is 14.8 Å². The molecule has 1 unspecified atom stereocenters. The van der Waals surface area contributed by atoms with Crippen molar-refractivity contribution in [3.63, 3.8) is 0 Å². The molecule has 0 radical (unpaired) electrons.